The molecule has 5 heteroatoms. The maximum atomic E-state index is 11.9. The van der Waals surface area contributed by atoms with Crippen LogP contribution in [0.1, 0.15) is 29.6 Å². The van der Waals surface area contributed by atoms with Gasteiger partial charge < -0.3 is 9.64 Å². The predicted molar refractivity (Wildman–Crippen MR) is 75.5 cm³/mol. The minimum Gasteiger partial charge on any atom is -0.484 e. The molecule has 19 heavy (non-hydrogen) atoms. The smallest absolute Gasteiger partial charge is 0.260 e. The molecule has 1 aromatic carbocycles. The van der Waals surface area contributed by atoms with Crippen molar-refractivity contribution >= 4 is 28.1 Å². The van der Waals surface area contributed by atoms with E-state index in [9.17, 15) is 9.59 Å². The Hall–Kier alpha value is -1.36. The summed E-state index contributed by atoms with van der Waals surface area (Å²) in [6.45, 7) is 1.67. The minimum absolute atomic E-state index is 0.00951. The van der Waals surface area contributed by atoms with Crippen molar-refractivity contribution < 1.29 is 14.3 Å². The third-order valence-electron chi connectivity index (χ3n) is 3.17. The van der Waals surface area contributed by atoms with Gasteiger partial charge in [0.25, 0.3) is 5.91 Å². The van der Waals surface area contributed by atoms with Crippen LogP contribution in [0.25, 0.3) is 0 Å². The number of carbonyl (C=O) groups excluding carboxylic acids is 2. The molecule has 0 aliphatic carbocycles. The van der Waals surface area contributed by atoms with Crippen molar-refractivity contribution in [3.05, 3.63) is 28.2 Å². The van der Waals surface area contributed by atoms with Crippen LogP contribution in [0.5, 0.6) is 5.75 Å². The van der Waals surface area contributed by atoms with E-state index in [0.29, 0.717) is 11.3 Å². The molecule has 4 nitrogen and oxygen atoms in total. The van der Waals surface area contributed by atoms with Gasteiger partial charge in [-0.3, -0.25) is 9.59 Å². The molecule has 102 valence electrons. The molecule has 0 saturated carbocycles. The largest absolute Gasteiger partial charge is 0.484 e. The van der Waals surface area contributed by atoms with E-state index in [2.05, 4.69) is 15.9 Å². The van der Waals surface area contributed by atoms with Crippen LogP contribution in [0.3, 0.4) is 0 Å². The number of amides is 1. The van der Waals surface area contributed by atoms with Crippen LogP contribution < -0.4 is 4.74 Å². The molecule has 0 atom stereocenters. The van der Waals surface area contributed by atoms with Crippen molar-refractivity contribution in [2.45, 2.75) is 19.3 Å². The summed E-state index contributed by atoms with van der Waals surface area (Å²) in [6.07, 6.45) is 4.09. The summed E-state index contributed by atoms with van der Waals surface area (Å²) < 4.78 is 6.17. The lowest BCUT2D eigenvalue weighted by atomic mass is 10.1. The van der Waals surface area contributed by atoms with E-state index < -0.39 is 0 Å². The van der Waals surface area contributed by atoms with Crippen LogP contribution >= 0.6 is 15.9 Å². The molecule has 0 aromatic heterocycles. The first kappa shape index (κ1) is 14.1. The normalized spacial score (nSPS) is 15.1. The first-order valence-electron chi connectivity index (χ1n) is 6.36. The summed E-state index contributed by atoms with van der Waals surface area (Å²) >= 11 is 3.27. The number of nitrogens with zero attached hydrogens (tertiary/aromatic N) is 1. The zero-order valence-corrected chi connectivity index (χ0v) is 12.2. The van der Waals surface area contributed by atoms with Gasteiger partial charge in [-0.2, -0.15) is 0 Å². The number of ether oxygens (including phenoxy) is 1. The fraction of sp³-hybridized carbons (Fsp3) is 0.429. The Balaban J connectivity index is 1.91. The van der Waals surface area contributed by atoms with E-state index in [1.165, 1.54) is 6.42 Å². The molecule has 0 unspecified atom stereocenters. The average Bonchev–Trinajstić information content (AvgIpc) is 2.47. The molecule has 1 fully saturated rings. The van der Waals surface area contributed by atoms with Crippen molar-refractivity contribution in [3.63, 3.8) is 0 Å². The third-order valence-corrected chi connectivity index (χ3v) is 3.89. The second-order valence-electron chi connectivity index (χ2n) is 4.53. The van der Waals surface area contributed by atoms with Crippen molar-refractivity contribution in [1.82, 2.24) is 4.90 Å². The van der Waals surface area contributed by atoms with Crippen LogP contribution in [0.4, 0.5) is 0 Å². The van der Waals surface area contributed by atoms with E-state index in [4.69, 9.17) is 4.74 Å². The van der Waals surface area contributed by atoms with E-state index >= 15 is 0 Å². The third kappa shape index (κ3) is 3.80. The molecule has 1 amide bonds. The highest BCUT2D eigenvalue weighted by Crippen LogP contribution is 2.21. The van der Waals surface area contributed by atoms with Gasteiger partial charge in [0, 0.05) is 23.1 Å². The van der Waals surface area contributed by atoms with Crippen LogP contribution in [0, 0.1) is 0 Å². The first-order valence-corrected chi connectivity index (χ1v) is 7.15. The van der Waals surface area contributed by atoms with Crippen LogP contribution in [0.2, 0.25) is 0 Å². The number of rotatable bonds is 4. The van der Waals surface area contributed by atoms with E-state index in [1.54, 1.807) is 18.2 Å². The maximum absolute atomic E-state index is 11.9. The Morgan fingerprint density at radius 3 is 2.74 bits per heavy atom. The highest BCUT2D eigenvalue weighted by Gasteiger charge is 2.16. The van der Waals surface area contributed by atoms with Crippen LogP contribution in [-0.4, -0.2) is 36.8 Å². The zero-order valence-electron chi connectivity index (χ0n) is 10.6. The van der Waals surface area contributed by atoms with Gasteiger partial charge >= 0.3 is 0 Å². The Morgan fingerprint density at radius 2 is 2.05 bits per heavy atom. The lowest BCUT2D eigenvalue weighted by Crippen LogP contribution is -2.38. The van der Waals surface area contributed by atoms with Gasteiger partial charge in [-0.15, -0.1) is 0 Å². The molecule has 1 saturated heterocycles. The lowest BCUT2D eigenvalue weighted by Gasteiger charge is -2.26. The highest BCUT2D eigenvalue weighted by atomic mass is 79.9. The Morgan fingerprint density at radius 1 is 1.32 bits per heavy atom. The number of halogens is 1. The van der Waals surface area contributed by atoms with Crippen LogP contribution in [0.15, 0.2) is 22.7 Å². The summed E-state index contributed by atoms with van der Waals surface area (Å²) in [6, 6.07) is 5.10. The number of carbonyl (C=O) groups is 2. The van der Waals surface area contributed by atoms with Gasteiger partial charge in [-0.1, -0.05) is 15.9 Å². The molecule has 2 rings (SSSR count). The van der Waals surface area contributed by atoms with Crippen molar-refractivity contribution in [3.8, 4) is 5.75 Å². The molecular weight excluding hydrogens is 310 g/mol. The van der Waals surface area contributed by atoms with Gasteiger partial charge in [0.15, 0.2) is 12.9 Å². The average molecular weight is 326 g/mol. The standard InChI is InChI=1S/C14H16BrNO3/c15-13-5-4-12(8-11(13)9-17)19-10-14(18)16-6-2-1-3-7-16/h4-5,8-9H,1-3,6-7,10H2. The van der Waals surface area contributed by atoms with Gasteiger partial charge in [-0.25, -0.2) is 0 Å². The minimum atomic E-state index is 0.00951. The Bertz CT molecular complexity index is 470. The van der Waals surface area contributed by atoms with Crippen molar-refractivity contribution in [2.75, 3.05) is 19.7 Å². The van der Waals surface area contributed by atoms with Crippen LogP contribution in [-0.2, 0) is 4.79 Å². The fourth-order valence-electron chi connectivity index (χ4n) is 2.08. The first-order chi connectivity index (χ1) is 9.20. The highest BCUT2D eigenvalue weighted by molar-refractivity contribution is 9.10. The SMILES string of the molecule is O=Cc1cc(OCC(=O)N2CCCCC2)ccc1Br. The number of hydrogen-bond donors (Lipinski definition) is 0. The maximum Gasteiger partial charge on any atom is 0.260 e. The molecule has 1 aliphatic heterocycles. The fourth-order valence-corrected chi connectivity index (χ4v) is 2.42. The number of hydrogen-bond acceptors (Lipinski definition) is 3. The van der Waals surface area contributed by atoms with Gasteiger partial charge in [0.2, 0.25) is 0 Å². The second kappa shape index (κ2) is 6.70. The summed E-state index contributed by atoms with van der Waals surface area (Å²) in [5, 5.41) is 0. The molecule has 0 bridgehead atoms. The number of likely N-dealkylation sites (tertiary alicyclic amines) is 1. The lowest BCUT2D eigenvalue weighted by molar-refractivity contribution is -0.134. The Labute approximate surface area is 120 Å². The molecule has 1 aliphatic rings. The molecule has 0 radical (unpaired) electrons. The quantitative estimate of drug-likeness (QED) is 0.799. The summed E-state index contributed by atoms with van der Waals surface area (Å²) in [4.78, 5) is 24.6. The molecule has 0 spiro atoms. The summed E-state index contributed by atoms with van der Waals surface area (Å²) in [7, 11) is 0. The van der Waals surface area contributed by atoms with Gasteiger partial charge in [0.05, 0.1) is 0 Å². The zero-order chi connectivity index (χ0) is 13.7. The monoisotopic (exact) mass is 325 g/mol. The Kier molecular flexibility index (Phi) is 4.96. The molecule has 1 heterocycles. The van der Waals surface area contributed by atoms with E-state index in [0.717, 1.165) is 36.7 Å². The number of aldehydes is 1. The number of piperidine rings is 1. The predicted octanol–water partition coefficient (Wildman–Crippen LogP) is 2.65. The van der Waals surface area contributed by atoms with E-state index in [1.807, 2.05) is 4.90 Å². The van der Waals surface area contributed by atoms with Gasteiger partial charge in [-0.05, 0) is 37.5 Å². The second-order valence-corrected chi connectivity index (χ2v) is 5.39. The van der Waals surface area contributed by atoms with Crippen molar-refractivity contribution in [1.29, 1.82) is 0 Å². The van der Waals surface area contributed by atoms with Crippen molar-refractivity contribution in [2.24, 2.45) is 0 Å². The summed E-state index contributed by atoms with van der Waals surface area (Å²) in [5.41, 5.74) is 0.517. The summed E-state index contributed by atoms with van der Waals surface area (Å²) in [5.74, 6) is 0.547. The molecular formula is C14H16BrNO3. The number of benzene rings is 1. The molecule has 0 N–H and O–H groups in total. The molecule has 1 aromatic rings. The van der Waals surface area contributed by atoms with E-state index in [-0.39, 0.29) is 12.5 Å². The van der Waals surface area contributed by atoms with Gasteiger partial charge in [0.1, 0.15) is 5.75 Å². The topological polar surface area (TPSA) is 46.6 Å².